The van der Waals surface area contributed by atoms with Gasteiger partial charge in [-0.2, -0.15) is 0 Å². The molecule has 0 aromatic heterocycles. The minimum absolute atomic E-state index is 0.192. The molecule has 2 aromatic carbocycles. The first kappa shape index (κ1) is 16.9. The Morgan fingerprint density at radius 2 is 1.25 bits per heavy atom. The van der Waals surface area contributed by atoms with Crippen molar-refractivity contribution in [2.75, 3.05) is 14.2 Å². The van der Waals surface area contributed by atoms with Crippen LogP contribution in [0.4, 0.5) is 0 Å². The number of fused-ring (bicyclic) bond motifs is 1. The van der Waals surface area contributed by atoms with Crippen molar-refractivity contribution in [2.45, 2.75) is 63.2 Å². The summed E-state index contributed by atoms with van der Waals surface area (Å²) in [6.45, 7) is 0. The molecule has 28 heavy (non-hydrogen) atoms. The molecule has 1 spiro atoms. The van der Waals surface area contributed by atoms with E-state index in [2.05, 4.69) is 24.3 Å². The normalized spacial score (nSPS) is 29.4. The fourth-order valence-corrected chi connectivity index (χ4v) is 7.37. The lowest BCUT2D eigenvalue weighted by atomic mass is 9.72. The summed E-state index contributed by atoms with van der Waals surface area (Å²) in [4.78, 5) is 0. The van der Waals surface area contributed by atoms with Gasteiger partial charge < -0.3 is 9.47 Å². The molecule has 4 aliphatic rings. The number of benzene rings is 2. The summed E-state index contributed by atoms with van der Waals surface area (Å²) in [5.74, 6) is 3.81. The molecule has 2 heteroatoms. The van der Waals surface area contributed by atoms with E-state index in [4.69, 9.17) is 9.47 Å². The first-order valence-electron chi connectivity index (χ1n) is 11.1. The quantitative estimate of drug-likeness (QED) is 0.701. The van der Waals surface area contributed by atoms with E-state index in [1.54, 1.807) is 22.3 Å². The Bertz CT molecular complexity index is 880. The SMILES string of the molecule is COc1ccc2c3c1CC1CCCC1Cc1c(OC)ccc4c1C3(CC2)CC4. The second kappa shape index (κ2) is 6.02. The summed E-state index contributed by atoms with van der Waals surface area (Å²) in [6, 6.07) is 9.21. The van der Waals surface area contributed by atoms with Crippen LogP contribution in [0.3, 0.4) is 0 Å². The fourth-order valence-electron chi connectivity index (χ4n) is 7.37. The van der Waals surface area contributed by atoms with Crippen LogP contribution in [-0.4, -0.2) is 14.2 Å². The van der Waals surface area contributed by atoms with Crippen LogP contribution in [0.15, 0.2) is 24.3 Å². The summed E-state index contributed by atoms with van der Waals surface area (Å²) in [5.41, 5.74) is 9.72. The predicted octanol–water partition coefficient (Wildman–Crippen LogP) is 5.40. The van der Waals surface area contributed by atoms with Gasteiger partial charge in [0.2, 0.25) is 0 Å². The van der Waals surface area contributed by atoms with Gasteiger partial charge in [-0.3, -0.25) is 0 Å². The molecule has 0 aliphatic heterocycles. The van der Waals surface area contributed by atoms with Crippen molar-refractivity contribution in [1.82, 2.24) is 0 Å². The van der Waals surface area contributed by atoms with E-state index >= 15 is 0 Å². The Kier molecular flexibility index (Phi) is 3.64. The second-order valence-corrected chi connectivity index (χ2v) is 9.50. The summed E-state index contributed by atoms with van der Waals surface area (Å²) >= 11 is 0. The number of rotatable bonds is 2. The van der Waals surface area contributed by atoms with Gasteiger partial charge in [0.25, 0.3) is 0 Å². The lowest BCUT2D eigenvalue weighted by molar-refractivity contribution is 0.359. The molecule has 0 radical (unpaired) electrons. The van der Waals surface area contributed by atoms with E-state index < -0.39 is 0 Å². The number of hydrogen-bond donors (Lipinski definition) is 0. The molecular formula is C26H30O2. The number of hydrogen-bond acceptors (Lipinski definition) is 2. The summed E-state index contributed by atoms with van der Waals surface area (Å²) in [5, 5.41) is 0. The van der Waals surface area contributed by atoms with Gasteiger partial charge in [-0.05, 0) is 109 Å². The topological polar surface area (TPSA) is 18.5 Å². The number of aryl methyl sites for hydroxylation is 2. The van der Waals surface area contributed by atoms with Gasteiger partial charge in [-0.25, -0.2) is 0 Å². The zero-order chi connectivity index (χ0) is 18.9. The zero-order valence-corrected chi connectivity index (χ0v) is 17.1. The van der Waals surface area contributed by atoms with E-state index in [-0.39, 0.29) is 5.41 Å². The van der Waals surface area contributed by atoms with Crippen molar-refractivity contribution in [3.63, 3.8) is 0 Å². The Hall–Kier alpha value is -1.96. The second-order valence-electron chi connectivity index (χ2n) is 9.50. The van der Waals surface area contributed by atoms with Crippen LogP contribution in [0.5, 0.6) is 11.5 Å². The summed E-state index contributed by atoms with van der Waals surface area (Å²) < 4.78 is 11.9. The van der Waals surface area contributed by atoms with E-state index in [0.29, 0.717) is 0 Å². The maximum atomic E-state index is 5.94. The molecule has 6 rings (SSSR count). The standard InChI is InChI=1S/C26H30O2/c1-27-22-8-6-16-10-12-26-13-11-17-7-9-23(28-2)21(25(17)26)15-19-5-3-4-18(19)14-20(22)24(16)26/h6-9,18-19H,3-5,10-15H2,1-2H3. The van der Waals surface area contributed by atoms with Crippen molar-refractivity contribution in [3.05, 3.63) is 57.6 Å². The number of ether oxygens (including phenoxy) is 2. The van der Waals surface area contributed by atoms with Gasteiger partial charge in [-0.1, -0.05) is 18.6 Å². The molecule has 1 saturated carbocycles. The van der Waals surface area contributed by atoms with Crippen LogP contribution in [0.1, 0.15) is 65.5 Å². The highest BCUT2D eigenvalue weighted by Crippen LogP contribution is 2.58. The van der Waals surface area contributed by atoms with Gasteiger partial charge in [0.05, 0.1) is 14.2 Å². The van der Waals surface area contributed by atoms with Gasteiger partial charge in [0.1, 0.15) is 11.5 Å². The molecule has 2 unspecified atom stereocenters. The van der Waals surface area contributed by atoms with Crippen molar-refractivity contribution < 1.29 is 9.47 Å². The third kappa shape index (κ3) is 2.10. The molecule has 0 N–H and O–H groups in total. The molecular weight excluding hydrogens is 344 g/mol. The monoisotopic (exact) mass is 374 g/mol. The predicted molar refractivity (Wildman–Crippen MR) is 112 cm³/mol. The third-order valence-corrected chi connectivity index (χ3v) is 8.50. The molecule has 2 atom stereocenters. The highest BCUT2D eigenvalue weighted by Gasteiger charge is 2.50. The van der Waals surface area contributed by atoms with Gasteiger partial charge >= 0.3 is 0 Å². The highest BCUT2D eigenvalue weighted by molar-refractivity contribution is 5.64. The van der Waals surface area contributed by atoms with Crippen LogP contribution in [0.25, 0.3) is 0 Å². The Balaban J connectivity index is 1.70. The van der Waals surface area contributed by atoms with E-state index in [1.807, 2.05) is 14.2 Å². The lowest BCUT2D eigenvalue weighted by Crippen LogP contribution is -2.24. The Labute approximate surface area is 168 Å². The fraction of sp³-hybridized carbons (Fsp3) is 0.538. The van der Waals surface area contributed by atoms with Crippen molar-refractivity contribution in [1.29, 1.82) is 0 Å². The molecule has 0 heterocycles. The van der Waals surface area contributed by atoms with Crippen LogP contribution in [0, 0.1) is 11.8 Å². The van der Waals surface area contributed by atoms with Gasteiger partial charge in [0, 0.05) is 5.41 Å². The zero-order valence-electron chi connectivity index (χ0n) is 17.1. The minimum atomic E-state index is 0.192. The first-order valence-corrected chi connectivity index (χ1v) is 11.1. The molecule has 2 nitrogen and oxygen atoms in total. The largest absolute Gasteiger partial charge is 0.496 e. The maximum absolute atomic E-state index is 5.94. The van der Waals surface area contributed by atoms with E-state index in [9.17, 15) is 0 Å². The Morgan fingerprint density at radius 3 is 1.71 bits per heavy atom. The third-order valence-electron chi connectivity index (χ3n) is 8.50. The minimum Gasteiger partial charge on any atom is -0.496 e. The molecule has 0 bridgehead atoms. The Morgan fingerprint density at radius 1 is 0.750 bits per heavy atom. The average molecular weight is 375 g/mol. The molecule has 4 aliphatic carbocycles. The van der Waals surface area contributed by atoms with Crippen LogP contribution >= 0.6 is 0 Å². The van der Waals surface area contributed by atoms with Crippen LogP contribution in [0.2, 0.25) is 0 Å². The number of methoxy groups -OCH3 is 2. The molecule has 1 fully saturated rings. The summed E-state index contributed by atoms with van der Waals surface area (Å²) in [6.07, 6.45) is 11.4. The van der Waals surface area contributed by atoms with E-state index in [1.165, 1.54) is 68.9 Å². The van der Waals surface area contributed by atoms with Crippen molar-refractivity contribution in [2.24, 2.45) is 11.8 Å². The van der Waals surface area contributed by atoms with Crippen LogP contribution in [-0.2, 0) is 31.1 Å². The van der Waals surface area contributed by atoms with Crippen LogP contribution < -0.4 is 9.47 Å². The van der Waals surface area contributed by atoms with Crippen molar-refractivity contribution >= 4 is 0 Å². The molecule has 2 aromatic rings. The molecule has 0 saturated heterocycles. The maximum Gasteiger partial charge on any atom is 0.122 e. The smallest absolute Gasteiger partial charge is 0.122 e. The van der Waals surface area contributed by atoms with Crippen molar-refractivity contribution in [3.8, 4) is 11.5 Å². The van der Waals surface area contributed by atoms with Gasteiger partial charge in [0.15, 0.2) is 0 Å². The first-order chi connectivity index (χ1) is 13.7. The molecule has 0 amide bonds. The lowest BCUT2D eigenvalue weighted by Gasteiger charge is -2.31. The average Bonchev–Trinajstić information content (AvgIpc) is 3.41. The summed E-state index contributed by atoms with van der Waals surface area (Å²) in [7, 11) is 3.71. The van der Waals surface area contributed by atoms with E-state index in [0.717, 1.165) is 23.3 Å². The molecule has 146 valence electrons. The van der Waals surface area contributed by atoms with Gasteiger partial charge in [-0.15, -0.1) is 0 Å². The highest BCUT2D eigenvalue weighted by atomic mass is 16.5.